The Balaban J connectivity index is 1.52. The molecular weight excluding hydrogens is 486 g/mol. The van der Waals surface area contributed by atoms with Crippen molar-refractivity contribution in [2.24, 2.45) is 17.8 Å². The number of hydrogen-bond acceptors (Lipinski definition) is 5. The molecule has 204 valence electrons. The molecule has 4 aliphatic rings. The number of piperazine rings is 1. The van der Waals surface area contributed by atoms with Crippen molar-refractivity contribution in [3.05, 3.63) is 29.8 Å². The Kier molecular flexibility index (Phi) is 7.70. The average Bonchev–Trinajstić information content (AvgIpc) is 3.67. The fourth-order valence-corrected chi connectivity index (χ4v) is 7.95. The maximum atomic E-state index is 13.4. The van der Waals surface area contributed by atoms with Gasteiger partial charge in [0.2, 0.25) is 11.8 Å². The van der Waals surface area contributed by atoms with E-state index < -0.39 is 9.84 Å². The van der Waals surface area contributed by atoms with Gasteiger partial charge in [0.05, 0.1) is 10.9 Å². The summed E-state index contributed by atoms with van der Waals surface area (Å²) in [4.78, 5) is 30.7. The maximum Gasteiger partial charge on any atom is 0.227 e. The SMILES string of the molecule is CC(=O)N1C(C)CN(C(=O)C2CC2)C2NC(c3ccc(S(C)(=O)=O)cc3)C(C3CCCCCCC3)CC21. The quantitative estimate of drug-likeness (QED) is 0.629. The first-order chi connectivity index (χ1) is 17.6. The number of benzene rings is 1. The summed E-state index contributed by atoms with van der Waals surface area (Å²) in [5, 5.41) is 3.89. The van der Waals surface area contributed by atoms with Crippen LogP contribution in [0.3, 0.4) is 0 Å². The lowest BCUT2D eigenvalue weighted by Gasteiger charge is -2.57. The zero-order valence-electron chi connectivity index (χ0n) is 22.6. The highest BCUT2D eigenvalue weighted by molar-refractivity contribution is 7.90. The molecule has 5 unspecified atom stereocenters. The molecule has 1 N–H and O–H groups in total. The van der Waals surface area contributed by atoms with Gasteiger partial charge in [0.15, 0.2) is 9.84 Å². The number of hydrogen-bond donors (Lipinski definition) is 1. The Hall–Kier alpha value is -1.93. The minimum atomic E-state index is -3.28. The first-order valence-corrected chi connectivity index (χ1v) is 16.2. The molecular formula is C29H43N3O4S. The third-order valence-corrected chi connectivity index (χ3v) is 10.4. The highest BCUT2D eigenvalue weighted by Crippen LogP contribution is 2.45. The van der Waals surface area contributed by atoms with Gasteiger partial charge in [-0.15, -0.1) is 0 Å². The van der Waals surface area contributed by atoms with Gasteiger partial charge in [-0.1, -0.05) is 57.1 Å². The van der Waals surface area contributed by atoms with Crippen LogP contribution in [0.2, 0.25) is 0 Å². The Morgan fingerprint density at radius 1 is 0.946 bits per heavy atom. The molecule has 0 aromatic heterocycles. The summed E-state index contributed by atoms with van der Waals surface area (Å²) in [7, 11) is -3.28. The van der Waals surface area contributed by atoms with Gasteiger partial charge in [-0.25, -0.2) is 8.42 Å². The topological polar surface area (TPSA) is 86.8 Å². The van der Waals surface area contributed by atoms with Gasteiger partial charge in [0.25, 0.3) is 0 Å². The van der Waals surface area contributed by atoms with Crippen LogP contribution in [0.15, 0.2) is 29.2 Å². The fraction of sp³-hybridized carbons (Fsp3) is 0.724. The van der Waals surface area contributed by atoms with Gasteiger partial charge in [0.1, 0.15) is 6.17 Å². The van der Waals surface area contributed by atoms with E-state index in [1.165, 1.54) is 51.2 Å². The monoisotopic (exact) mass is 529 g/mol. The number of piperidine rings is 1. The van der Waals surface area contributed by atoms with Crippen LogP contribution in [0, 0.1) is 17.8 Å². The number of rotatable bonds is 4. The first-order valence-electron chi connectivity index (χ1n) is 14.3. The van der Waals surface area contributed by atoms with Gasteiger partial charge in [-0.2, -0.15) is 0 Å². The number of carbonyl (C=O) groups is 2. The van der Waals surface area contributed by atoms with Crippen molar-refractivity contribution in [1.29, 1.82) is 0 Å². The van der Waals surface area contributed by atoms with E-state index >= 15 is 0 Å². The lowest BCUT2D eigenvalue weighted by Crippen LogP contribution is -2.72. The Morgan fingerprint density at radius 3 is 2.14 bits per heavy atom. The average molecular weight is 530 g/mol. The largest absolute Gasteiger partial charge is 0.332 e. The van der Waals surface area contributed by atoms with E-state index in [9.17, 15) is 18.0 Å². The van der Waals surface area contributed by atoms with E-state index in [0.717, 1.165) is 24.8 Å². The summed E-state index contributed by atoms with van der Waals surface area (Å²) in [5.41, 5.74) is 1.07. The Bertz CT molecular complexity index is 1090. The molecule has 5 atom stereocenters. The standard InChI is InChI=1S/C29H43N3O4S/c1-19-18-31(29(34)23-11-12-23)28-26(32(19)20(2)33)17-25(21-9-7-5-4-6-8-10-21)27(30-28)22-13-15-24(16-14-22)37(3,35)36/h13-16,19,21,23,25-28,30H,4-12,17-18H2,1-3H3. The van der Waals surface area contributed by atoms with Crippen LogP contribution in [0.5, 0.6) is 0 Å². The van der Waals surface area contributed by atoms with Gasteiger partial charge >= 0.3 is 0 Å². The van der Waals surface area contributed by atoms with Gasteiger partial charge in [-0.05, 0) is 55.7 Å². The number of nitrogens with one attached hydrogen (secondary N) is 1. The Morgan fingerprint density at radius 2 is 1.57 bits per heavy atom. The molecule has 7 nitrogen and oxygen atoms in total. The van der Waals surface area contributed by atoms with Crippen molar-refractivity contribution in [3.8, 4) is 0 Å². The van der Waals surface area contributed by atoms with Gasteiger partial charge in [0, 0.05) is 37.7 Å². The summed E-state index contributed by atoms with van der Waals surface area (Å²) in [6, 6.07) is 7.28. The zero-order chi connectivity index (χ0) is 26.3. The second-order valence-corrected chi connectivity index (χ2v) is 14.1. The van der Waals surface area contributed by atoms with Crippen LogP contribution in [0.25, 0.3) is 0 Å². The molecule has 1 aromatic carbocycles. The van der Waals surface area contributed by atoms with Crippen LogP contribution in [-0.4, -0.2) is 61.1 Å². The summed E-state index contributed by atoms with van der Waals surface area (Å²) >= 11 is 0. The number of carbonyl (C=O) groups excluding carboxylic acids is 2. The van der Waals surface area contributed by atoms with E-state index in [4.69, 9.17) is 0 Å². The van der Waals surface area contributed by atoms with E-state index in [1.807, 2.05) is 21.9 Å². The maximum absolute atomic E-state index is 13.4. The van der Waals surface area contributed by atoms with Crippen LogP contribution in [-0.2, 0) is 19.4 Å². The summed E-state index contributed by atoms with van der Waals surface area (Å²) in [6.07, 6.45) is 12.5. The van der Waals surface area contributed by atoms with Gasteiger partial charge in [-0.3, -0.25) is 14.9 Å². The second kappa shape index (κ2) is 10.7. The van der Waals surface area contributed by atoms with Crippen LogP contribution >= 0.6 is 0 Å². The number of sulfone groups is 1. The predicted octanol–water partition coefficient (Wildman–Crippen LogP) is 4.29. The minimum absolute atomic E-state index is 0.00757. The third kappa shape index (κ3) is 5.60. The molecule has 2 aliphatic heterocycles. The third-order valence-electron chi connectivity index (χ3n) is 9.28. The molecule has 1 aromatic rings. The van der Waals surface area contributed by atoms with E-state index in [2.05, 4.69) is 12.2 Å². The number of amides is 2. The lowest BCUT2D eigenvalue weighted by molar-refractivity contribution is -0.159. The molecule has 2 saturated carbocycles. The van der Waals surface area contributed by atoms with Gasteiger partial charge < -0.3 is 9.80 Å². The van der Waals surface area contributed by atoms with Crippen molar-refractivity contribution in [2.75, 3.05) is 12.8 Å². The summed E-state index contributed by atoms with van der Waals surface area (Å²) in [6.45, 7) is 4.29. The van der Waals surface area contributed by atoms with E-state index in [1.54, 1.807) is 19.1 Å². The molecule has 0 radical (unpaired) electrons. The molecule has 2 heterocycles. The van der Waals surface area contributed by atoms with E-state index in [-0.39, 0.29) is 42.0 Å². The molecule has 37 heavy (non-hydrogen) atoms. The number of nitrogens with zero attached hydrogens (tertiary/aromatic N) is 2. The molecule has 0 spiro atoms. The smallest absolute Gasteiger partial charge is 0.227 e. The van der Waals surface area contributed by atoms with E-state index in [0.29, 0.717) is 23.3 Å². The van der Waals surface area contributed by atoms with Crippen LogP contribution in [0.1, 0.15) is 89.7 Å². The van der Waals surface area contributed by atoms with Crippen molar-refractivity contribution in [3.63, 3.8) is 0 Å². The predicted molar refractivity (Wildman–Crippen MR) is 143 cm³/mol. The van der Waals surface area contributed by atoms with Crippen molar-refractivity contribution in [2.45, 2.75) is 107 Å². The van der Waals surface area contributed by atoms with Crippen molar-refractivity contribution >= 4 is 21.7 Å². The lowest BCUT2D eigenvalue weighted by atomic mass is 9.70. The molecule has 2 saturated heterocycles. The normalized spacial score (nSPS) is 31.8. The fourth-order valence-electron chi connectivity index (χ4n) is 7.32. The van der Waals surface area contributed by atoms with Crippen LogP contribution in [0.4, 0.5) is 0 Å². The second-order valence-electron chi connectivity index (χ2n) is 12.0. The van der Waals surface area contributed by atoms with Crippen molar-refractivity contribution in [1.82, 2.24) is 15.1 Å². The highest BCUT2D eigenvalue weighted by Gasteiger charge is 2.52. The van der Waals surface area contributed by atoms with Crippen LogP contribution < -0.4 is 5.32 Å². The highest BCUT2D eigenvalue weighted by atomic mass is 32.2. The molecule has 2 aliphatic carbocycles. The molecule has 8 heteroatoms. The zero-order valence-corrected chi connectivity index (χ0v) is 23.4. The number of fused-ring (bicyclic) bond motifs is 1. The van der Waals surface area contributed by atoms with Crippen molar-refractivity contribution < 1.29 is 18.0 Å². The Labute approximate surface area is 222 Å². The summed E-state index contributed by atoms with van der Waals surface area (Å²) < 4.78 is 24.2. The minimum Gasteiger partial charge on any atom is -0.332 e. The molecule has 0 bridgehead atoms. The molecule has 4 fully saturated rings. The molecule has 5 rings (SSSR count). The summed E-state index contributed by atoms with van der Waals surface area (Å²) in [5.74, 6) is 1.26. The first kappa shape index (κ1) is 26.7. The molecule has 2 amide bonds.